The highest BCUT2D eigenvalue weighted by Gasteiger charge is 2.02. The fourth-order valence-corrected chi connectivity index (χ4v) is 2.69. The predicted octanol–water partition coefficient (Wildman–Crippen LogP) is 3.47. The van der Waals surface area contributed by atoms with Gasteiger partial charge in [0.05, 0.1) is 18.6 Å². The lowest BCUT2D eigenvalue weighted by atomic mass is 10.1. The van der Waals surface area contributed by atoms with Gasteiger partial charge in [-0.1, -0.05) is 42.5 Å². The van der Waals surface area contributed by atoms with Crippen LogP contribution in [0.3, 0.4) is 0 Å². The van der Waals surface area contributed by atoms with Crippen LogP contribution in [0.4, 0.5) is 0 Å². The van der Waals surface area contributed by atoms with Crippen LogP contribution in [0.25, 0.3) is 0 Å². The van der Waals surface area contributed by atoms with E-state index in [0.29, 0.717) is 5.75 Å². The molecule has 0 bridgehead atoms. The molecule has 0 aliphatic heterocycles. The van der Waals surface area contributed by atoms with Gasteiger partial charge in [0.2, 0.25) is 5.91 Å². The van der Waals surface area contributed by atoms with E-state index in [9.17, 15) is 4.79 Å². The van der Waals surface area contributed by atoms with E-state index in [1.54, 1.807) is 18.9 Å². The minimum atomic E-state index is -0.0983. The Hall–Kier alpha value is -2.27. The standard InChI is InChI=1S/C18H20N2O2S/c1-14(16-6-4-3-5-7-16)19-20-18(21)13-23-12-15-8-10-17(22-2)11-9-15/h3-11H,12-13H2,1-2H3,(H,20,21)/b19-14-. The van der Waals surface area contributed by atoms with Crippen molar-refractivity contribution in [2.24, 2.45) is 5.10 Å². The minimum absolute atomic E-state index is 0.0983. The van der Waals surface area contributed by atoms with Gasteiger partial charge in [0.15, 0.2) is 0 Å². The highest BCUT2D eigenvalue weighted by atomic mass is 32.2. The number of rotatable bonds is 7. The molecular formula is C18H20N2O2S. The summed E-state index contributed by atoms with van der Waals surface area (Å²) in [6, 6.07) is 17.6. The fraction of sp³-hybridized carbons (Fsp3) is 0.222. The number of ether oxygens (including phenoxy) is 1. The van der Waals surface area contributed by atoms with Gasteiger partial charge in [0, 0.05) is 5.75 Å². The van der Waals surface area contributed by atoms with Crippen LogP contribution in [0.5, 0.6) is 5.75 Å². The van der Waals surface area contributed by atoms with Crippen LogP contribution < -0.4 is 10.2 Å². The molecule has 2 rings (SSSR count). The van der Waals surface area contributed by atoms with Crippen LogP contribution in [0.2, 0.25) is 0 Å². The van der Waals surface area contributed by atoms with Crippen molar-refractivity contribution >= 4 is 23.4 Å². The molecule has 5 heteroatoms. The molecule has 4 nitrogen and oxygen atoms in total. The van der Waals surface area contributed by atoms with Crippen LogP contribution in [0.15, 0.2) is 59.7 Å². The molecule has 0 saturated carbocycles. The number of carbonyl (C=O) groups is 1. The van der Waals surface area contributed by atoms with E-state index in [2.05, 4.69) is 10.5 Å². The highest BCUT2D eigenvalue weighted by Crippen LogP contribution is 2.16. The largest absolute Gasteiger partial charge is 0.497 e. The Morgan fingerprint density at radius 2 is 1.83 bits per heavy atom. The first-order chi connectivity index (χ1) is 11.2. The lowest BCUT2D eigenvalue weighted by Gasteiger charge is -2.04. The zero-order valence-corrected chi connectivity index (χ0v) is 14.1. The Bertz CT molecular complexity index is 654. The second-order valence-electron chi connectivity index (χ2n) is 4.94. The number of benzene rings is 2. The third kappa shape index (κ3) is 5.79. The second-order valence-corrected chi connectivity index (χ2v) is 5.92. The number of hydrazone groups is 1. The lowest BCUT2D eigenvalue weighted by Crippen LogP contribution is -2.21. The lowest BCUT2D eigenvalue weighted by molar-refractivity contribution is -0.118. The number of carbonyl (C=O) groups excluding carboxylic acids is 1. The first-order valence-corrected chi connectivity index (χ1v) is 8.43. The molecule has 0 atom stereocenters. The number of thioether (sulfide) groups is 1. The maximum absolute atomic E-state index is 11.8. The first kappa shape index (κ1) is 17.1. The van der Waals surface area contributed by atoms with Crippen LogP contribution in [0.1, 0.15) is 18.1 Å². The van der Waals surface area contributed by atoms with Crippen LogP contribution in [0, 0.1) is 0 Å². The summed E-state index contributed by atoms with van der Waals surface area (Å²) in [5, 5.41) is 4.13. The third-order valence-corrected chi connectivity index (χ3v) is 4.20. The normalized spacial score (nSPS) is 11.1. The van der Waals surface area contributed by atoms with Crippen LogP contribution in [-0.4, -0.2) is 24.5 Å². The highest BCUT2D eigenvalue weighted by molar-refractivity contribution is 7.99. The molecule has 0 unspecified atom stereocenters. The van der Waals surface area contributed by atoms with Crippen molar-refractivity contribution in [2.75, 3.05) is 12.9 Å². The number of nitrogens with one attached hydrogen (secondary N) is 1. The summed E-state index contributed by atoms with van der Waals surface area (Å²) >= 11 is 1.55. The van der Waals surface area contributed by atoms with Gasteiger partial charge in [0.25, 0.3) is 0 Å². The average molecular weight is 328 g/mol. The number of methoxy groups -OCH3 is 1. The molecule has 0 saturated heterocycles. The van der Waals surface area contributed by atoms with Crippen molar-refractivity contribution in [3.63, 3.8) is 0 Å². The molecular weight excluding hydrogens is 308 g/mol. The van der Waals surface area contributed by atoms with E-state index in [1.165, 1.54) is 0 Å². The summed E-state index contributed by atoms with van der Waals surface area (Å²) in [5.41, 5.74) is 5.54. The Morgan fingerprint density at radius 3 is 2.48 bits per heavy atom. The van der Waals surface area contributed by atoms with Crippen molar-refractivity contribution in [3.8, 4) is 5.75 Å². The molecule has 0 aliphatic rings. The van der Waals surface area contributed by atoms with E-state index < -0.39 is 0 Å². The average Bonchev–Trinajstić information content (AvgIpc) is 2.61. The SMILES string of the molecule is COc1ccc(CSCC(=O)N/N=C(/C)c2ccccc2)cc1. The summed E-state index contributed by atoms with van der Waals surface area (Å²) < 4.78 is 5.12. The van der Waals surface area contributed by atoms with Gasteiger partial charge in [-0.2, -0.15) is 5.10 Å². The van der Waals surface area contributed by atoms with Gasteiger partial charge in [0.1, 0.15) is 5.75 Å². The molecule has 120 valence electrons. The van der Waals surface area contributed by atoms with E-state index in [-0.39, 0.29) is 5.91 Å². The van der Waals surface area contributed by atoms with Gasteiger partial charge < -0.3 is 4.74 Å². The van der Waals surface area contributed by atoms with Crippen LogP contribution in [-0.2, 0) is 10.5 Å². The molecule has 1 amide bonds. The summed E-state index contributed by atoms with van der Waals surface area (Å²) in [4.78, 5) is 11.8. The Kier molecular flexibility index (Phi) is 6.69. The number of hydrogen-bond acceptors (Lipinski definition) is 4. The topological polar surface area (TPSA) is 50.7 Å². The molecule has 0 aromatic heterocycles. The van der Waals surface area contributed by atoms with Crippen molar-refractivity contribution in [3.05, 3.63) is 65.7 Å². The Labute approximate surface area is 140 Å². The summed E-state index contributed by atoms with van der Waals surface area (Å²) in [6.45, 7) is 1.88. The third-order valence-electron chi connectivity index (χ3n) is 3.20. The molecule has 0 aliphatic carbocycles. The number of hydrogen-bond donors (Lipinski definition) is 1. The van der Waals surface area contributed by atoms with Crippen molar-refractivity contribution in [1.29, 1.82) is 0 Å². The summed E-state index contributed by atoms with van der Waals surface area (Å²) in [5.74, 6) is 1.89. The second kappa shape index (κ2) is 9.00. The fourth-order valence-electron chi connectivity index (χ4n) is 1.91. The molecule has 0 radical (unpaired) electrons. The van der Waals surface area contributed by atoms with Crippen LogP contribution >= 0.6 is 11.8 Å². The van der Waals surface area contributed by atoms with Crippen molar-refractivity contribution < 1.29 is 9.53 Å². The van der Waals surface area contributed by atoms with Gasteiger partial charge >= 0.3 is 0 Å². The van der Waals surface area contributed by atoms with Gasteiger partial charge in [-0.3, -0.25) is 4.79 Å². The molecule has 2 aromatic rings. The van der Waals surface area contributed by atoms with Gasteiger partial charge in [-0.05, 0) is 30.2 Å². The van der Waals surface area contributed by atoms with Gasteiger partial charge in [-0.25, -0.2) is 5.43 Å². The molecule has 0 heterocycles. The van der Waals surface area contributed by atoms with E-state index >= 15 is 0 Å². The number of amides is 1. The molecule has 0 fully saturated rings. The zero-order valence-electron chi connectivity index (χ0n) is 13.3. The maximum Gasteiger partial charge on any atom is 0.250 e. The Morgan fingerprint density at radius 1 is 1.13 bits per heavy atom. The molecule has 2 aromatic carbocycles. The maximum atomic E-state index is 11.8. The monoisotopic (exact) mass is 328 g/mol. The molecule has 1 N–H and O–H groups in total. The zero-order chi connectivity index (χ0) is 16.5. The van der Waals surface area contributed by atoms with E-state index in [1.807, 2.05) is 61.5 Å². The first-order valence-electron chi connectivity index (χ1n) is 7.28. The van der Waals surface area contributed by atoms with Crippen molar-refractivity contribution in [1.82, 2.24) is 5.43 Å². The number of nitrogens with zero attached hydrogens (tertiary/aromatic N) is 1. The Balaban J connectivity index is 1.74. The summed E-state index contributed by atoms with van der Waals surface area (Å²) in [6.07, 6.45) is 0. The smallest absolute Gasteiger partial charge is 0.250 e. The minimum Gasteiger partial charge on any atom is -0.497 e. The van der Waals surface area contributed by atoms with Gasteiger partial charge in [-0.15, -0.1) is 11.8 Å². The quantitative estimate of drug-likeness (QED) is 0.625. The van der Waals surface area contributed by atoms with E-state index in [0.717, 1.165) is 28.3 Å². The summed E-state index contributed by atoms with van der Waals surface area (Å²) in [7, 11) is 1.64. The predicted molar refractivity (Wildman–Crippen MR) is 96.0 cm³/mol. The van der Waals surface area contributed by atoms with Crippen molar-refractivity contribution in [2.45, 2.75) is 12.7 Å². The molecule has 23 heavy (non-hydrogen) atoms. The van der Waals surface area contributed by atoms with E-state index in [4.69, 9.17) is 4.74 Å². The molecule has 0 spiro atoms.